The van der Waals surface area contributed by atoms with Crippen molar-refractivity contribution in [1.29, 1.82) is 5.26 Å². The Balaban J connectivity index is 3.23. The van der Waals surface area contributed by atoms with Crippen LogP contribution in [0.1, 0.15) is 22.3 Å². The van der Waals surface area contributed by atoms with Crippen LogP contribution in [-0.4, -0.2) is 5.11 Å². The van der Waals surface area contributed by atoms with Gasteiger partial charge in [-0.05, 0) is 30.5 Å². The summed E-state index contributed by atoms with van der Waals surface area (Å²) in [5.41, 5.74) is 4.06. The van der Waals surface area contributed by atoms with Gasteiger partial charge < -0.3 is 5.11 Å². The molecule has 13 heavy (non-hydrogen) atoms. The number of nitriles is 1. The van der Waals surface area contributed by atoms with E-state index in [-0.39, 0.29) is 6.61 Å². The van der Waals surface area contributed by atoms with E-state index in [2.05, 4.69) is 6.07 Å². The highest BCUT2D eigenvalue weighted by atomic mass is 16.3. The Hall–Kier alpha value is -1.33. The van der Waals surface area contributed by atoms with Crippen molar-refractivity contribution in [3.05, 3.63) is 34.4 Å². The van der Waals surface area contributed by atoms with Gasteiger partial charge in [0.15, 0.2) is 0 Å². The molecular formula is C11H13NO. The molecule has 0 aliphatic carbocycles. The second kappa shape index (κ2) is 4.06. The Kier molecular flexibility index (Phi) is 3.05. The number of benzene rings is 1. The van der Waals surface area contributed by atoms with Crippen LogP contribution in [0.2, 0.25) is 0 Å². The molecule has 0 saturated heterocycles. The molecule has 0 saturated carbocycles. The van der Waals surface area contributed by atoms with Crippen LogP contribution in [0.3, 0.4) is 0 Å². The van der Waals surface area contributed by atoms with Gasteiger partial charge in [0.25, 0.3) is 0 Å². The molecule has 2 nitrogen and oxygen atoms in total. The number of aryl methyl sites for hydroxylation is 2. The van der Waals surface area contributed by atoms with Crippen LogP contribution >= 0.6 is 0 Å². The Bertz CT molecular complexity index is 350. The maximum atomic E-state index is 9.08. The molecule has 1 aromatic rings. The van der Waals surface area contributed by atoms with E-state index in [1.165, 1.54) is 0 Å². The highest BCUT2D eigenvalue weighted by Gasteiger charge is 2.05. The molecule has 0 spiro atoms. The summed E-state index contributed by atoms with van der Waals surface area (Å²) < 4.78 is 0. The fraction of sp³-hybridized carbons (Fsp3) is 0.364. The molecule has 0 fully saturated rings. The SMILES string of the molecule is Cc1cc(C)c(CC#N)c(CO)c1. The van der Waals surface area contributed by atoms with Crippen molar-refractivity contribution >= 4 is 0 Å². The topological polar surface area (TPSA) is 44.0 Å². The minimum atomic E-state index is 0.0134. The van der Waals surface area contributed by atoms with Crippen molar-refractivity contribution in [2.24, 2.45) is 0 Å². The van der Waals surface area contributed by atoms with Crippen LogP contribution in [0, 0.1) is 25.2 Å². The number of rotatable bonds is 2. The van der Waals surface area contributed by atoms with Gasteiger partial charge >= 0.3 is 0 Å². The van der Waals surface area contributed by atoms with Gasteiger partial charge in [-0.2, -0.15) is 5.26 Å². The first-order valence-electron chi connectivity index (χ1n) is 4.26. The molecule has 0 aliphatic heterocycles. The van der Waals surface area contributed by atoms with Crippen LogP contribution in [0.4, 0.5) is 0 Å². The van der Waals surface area contributed by atoms with Gasteiger partial charge in [-0.3, -0.25) is 0 Å². The lowest BCUT2D eigenvalue weighted by molar-refractivity contribution is 0.280. The Morgan fingerprint density at radius 2 is 2.08 bits per heavy atom. The monoisotopic (exact) mass is 175 g/mol. The molecule has 1 rings (SSSR count). The van der Waals surface area contributed by atoms with Crippen molar-refractivity contribution in [3.8, 4) is 6.07 Å². The second-order valence-corrected chi connectivity index (χ2v) is 3.21. The molecule has 0 aliphatic rings. The summed E-state index contributed by atoms with van der Waals surface area (Å²) in [5, 5.41) is 17.7. The highest BCUT2D eigenvalue weighted by molar-refractivity contribution is 5.39. The molecule has 0 heterocycles. The quantitative estimate of drug-likeness (QED) is 0.745. The normalized spacial score (nSPS) is 9.69. The number of hydrogen-bond acceptors (Lipinski definition) is 2. The molecule has 0 radical (unpaired) electrons. The zero-order valence-corrected chi connectivity index (χ0v) is 7.96. The molecule has 0 bridgehead atoms. The van der Waals surface area contributed by atoms with Crippen LogP contribution in [0.15, 0.2) is 12.1 Å². The van der Waals surface area contributed by atoms with E-state index in [0.717, 1.165) is 22.3 Å². The maximum absolute atomic E-state index is 9.08. The standard InChI is InChI=1S/C11H13NO/c1-8-5-9(2)11(3-4-12)10(6-8)7-13/h5-6,13H,3,7H2,1-2H3. The number of hydrogen-bond donors (Lipinski definition) is 1. The minimum Gasteiger partial charge on any atom is -0.392 e. The summed E-state index contributed by atoms with van der Waals surface area (Å²) in [6.07, 6.45) is 0.377. The first kappa shape index (κ1) is 9.76. The summed E-state index contributed by atoms with van der Waals surface area (Å²) in [5.74, 6) is 0. The van der Waals surface area contributed by atoms with Gasteiger partial charge in [0.05, 0.1) is 19.1 Å². The third-order valence-corrected chi connectivity index (χ3v) is 2.14. The zero-order chi connectivity index (χ0) is 9.84. The van der Waals surface area contributed by atoms with Crippen LogP contribution in [0.5, 0.6) is 0 Å². The minimum absolute atomic E-state index is 0.0134. The van der Waals surface area contributed by atoms with Crippen molar-refractivity contribution < 1.29 is 5.11 Å². The average Bonchev–Trinajstić information content (AvgIpc) is 2.09. The van der Waals surface area contributed by atoms with Crippen LogP contribution < -0.4 is 0 Å². The first-order valence-corrected chi connectivity index (χ1v) is 4.26. The third-order valence-electron chi connectivity index (χ3n) is 2.14. The fourth-order valence-electron chi connectivity index (χ4n) is 1.56. The lowest BCUT2D eigenvalue weighted by Crippen LogP contribution is -1.97. The van der Waals surface area contributed by atoms with E-state index >= 15 is 0 Å². The predicted octanol–water partition coefficient (Wildman–Crippen LogP) is 1.86. The highest BCUT2D eigenvalue weighted by Crippen LogP contribution is 2.17. The average molecular weight is 175 g/mol. The first-order chi connectivity index (χ1) is 6.19. The molecule has 0 amide bonds. The summed E-state index contributed by atoms with van der Waals surface area (Å²) >= 11 is 0. The van der Waals surface area contributed by atoms with Gasteiger partial charge in [-0.15, -0.1) is 0 Å². The number of aliphatic hydroxyl groups excluding tert-OH is 1. The molecule has 68 valence electrons. The van der Waals surface area contributed by atoms with Crippen LogP contribution in [-0.2, 0) is 13.0 Å². The molecule has 1 N–H and O–H groups in total. The van der Waals surface area contributed by atoms with E-state index in [9.17, 15) is 0 Å². The largest absolute Gasteiger partial charge is 0.392 e. The van der Waals surface area contributed by atoms with Crippen LogP contribution in [0.25, 0.3) is 0 Å². The molecule has 1 aromatic carbocycles. The summed E-state index contributed by atoms with van der Waals surface area (Å²) in [7, 11) is 0. The Morgan fingerprint density at radius 3 is 2.62 bits per heavy atom. The zero-order valence-electron chi connectivity index (χ0n) is 7.96. The van der Waals surface area contributed by atoms with E-state index in [1.54, 1.807) is 0 Å². The van der Waals surface area contributed by atoms with Crippen molar-refractivity contribution in [1.82, 2.24) is 0 Å². The summed E-state index contributed by atoms with van der Waals surface area (Å²) in [4.78, 5) is 0. The maximum Gasteiger partial charge on any atom is 0.0685 e. The summed E-state index contributed by atoms with van der Waals surface area (Å²) in [6.45, 7) is 3.97. The molecule has 2 heteroatoms. The molecule has 0 aromatic heterocycles. The molecule has 0 unspecified atom stereocenters. The van der Waals surface area contributed by atoms with E-state index < -0.39 is 0 Å². The van der Waals surface area contributed by atoms with Crippen molar-refractivity contribution in [2.45, 2.75) is 26.9 Å². The summed E-state index contributed by atoms with van der Waals surface area (Å²) in [6, 6.07) is 6.07. The molecular weight excluding hydrogens is 162 g/mol. The van der Waals surface area contributed by atoms with Gasteiger partial charge in [0.1, 0.15) is 0 Å². The van der Waals surface area contributed by atoms with E-state index in [0.29, 0.717) is 6.42 Å². The number of aliphatic hydroxyl groups is 1. The second-order valence-electron chi connectivity index (χ2n) is 3.21. The Morgan fingerprint density at radius 1 is 1.38 bits per heavy atom. The van der Waals surface area contributed by atoms with Gasteiger partial charge in [-0.1, -0.05) is 17.7 Å². The van der Waals surface area contributed by atoms with Gasteiger partial charge in [0.2, 0.25) is 0 Å². The van der Waals surface area contributed by atoms with Gasteiger partial charge in [0, 0.05) is 0 Å². The van der Waals surface area contributed by atoms with E-state index in [1.807, 2.05) is 26.0 Å². The van der Waals surface area contributed by atoms with Gasteiger partial charge in [-0.25, -0.2) is 0 Å². The third kappa shape index (κ3) is 2.07. The number of nitrogens with zero attached hydrogens (tertiary/aromatic N) is 1. The Labute approximate surface area is 78.4 Å². The fourth-order valence-corrected chi connectivity index (χ4v) is 1.56. The van der Waals surface area contributed by atoms with E-state index in [4.69, 9.17) is 10.4 Å². The predicted molar refractivity (Wildman–Crippen MR) is 51.2 cm³/mol. The van der Waals surface area contributed by atoms with Crippen molar-refractivity contribution in [3.63, 3.8) is 0 Å². The lowest BCUT2D eigenvalue weighted by atomic mass is 9.97. The smallest absolute Gasteiger partial charge is 0.0685 e. The lowest BCUT2D eigenvalue weighted by Gasteiger charge is -2.09. The molecule has 0 atom stereocenters. The van der Waals surface area contributed by atoms with Crippen molar-refractivity contribution in [2.75, 3.05) is 0 Å².